The summed E-state index contributed by atoms with van der Waals surface area (Å²) in [6.07, 6.45) is 0. The van der Waals surface area contributed by atoms with Crippen molar-refractivity contribution in [2.45, 2.75) is 26.8 Å². The minimum atomic E-state index is -0.656. The standard InChI is InChI=1S/C17H20N2O/c1-11-9-12(2)16(13(3)10-11)19-17(20)15(18)14-7-5-4-6-8-14/h4-10,15H,18H2,1-3H3,(H,19,20)/t15-/m1/s1. The lowest BCUT2D eigenvalue weighted by molar-refractivity contribution is -0.117. The molecule has 3 heteroatoms. The van der Waals surface area contributed by atoms with Gasteiger partial charge in [0.05, 0.1) is 0 Å². The molecule has 0 fully saturated rings. The Morgan fingerprint density at radius 1 is 1.05 bits per heavy atom. The lowest BCUT2D eigenvalue weighted by Gasteiger charge is -2.16. The first-order valence-corrected chi connectivity index (χ1v) is 6.68. The summed E-state index contributed by atoms with van der Waals surface area (Å²) in [6.45, 7) is 6.02. The molecule has 0 heterocycles. The molecule has 0 aliphatic heterocycles. The molecule has 0 unspecified atom stereocenters. The van der Waals surface area contributed by atoms with E-state index in [0.717, 1.165) is 22.4 Å². The van der Waals surface area contributed by atoms with Crippen LogP contribution in [-0.2, 0) is 4.79 Å². The van der Waals surface area contributed by atoms with Crippen molar-refractivity contribution in [1.82, 2.24) is 0 Å². The van der Waals surface area contributed by atoms with E-state index in [2.05, 4.69) is 17.4 Å². The molecule has 0 aromatic heterocycles. The quantitative estimate of drug-likeness (QED) is 0.897. The molecule has 20 heavy (non-hydrogen) atoms. The molecule has 1 atom stereocenters. The Hall–Kier alpha value is -2.13. The number of anilines is 1. The highest BCUT2D eigenvalue weighted by Crippen LogP contribution is 2.23. The van der Waals surface area contributed by atoms with Crippen molar-refractivity contribution in [2.24, 2.45) is 5.73 Å². The highest BCUT2D eigenvalue weighted by Gasteiger charge is 2.17. The largest absolute Gasteiger partial charge is 0.324 e. The van der Waals surface area contributed by atoms with Gasteiger partial charge in [0.25, 0.3) is 0 Å². The first-order valence-electron chi connectivity index (χ1n) is 6.68. The molecule has 3 N–H and O–H groups in total. The minimum Gasteiger partial charge on any atom is -0.324 e. The normalized spacial score (nSPS) is 12.0. The van der Waals surface area contributed by atoms with Crippen LogP contribution in [0.25, 0.3) is 0 Å². The zero-order valence-electron chi connectivity index (χ0n) is 12.1. The third-order valence-corrected chi connectivity index (χ3v) is 3.37. The van der Waals surface area contributed by atoms with Gasteiger partial charge < -0.3 is 11.1 Å². The number of hydrogen-bond donors (Lipinski definition) is 2. The Morgan fingerprint density at radius 3 is 2.15 bits per heavy atom. The second kappa shape index (κ2) is 5.88. The molecular weight excluding hydrogens is 248 g/mol. The Morgan fingerprint density at radius 2 is 1.60 bits per heavy atom. The van der Waals surface area contributed by atoms with Crippen LogP contribution < -0.4 is 11.1 Å². The van der Waals surface area contributed by atoms with E-state index in [-0.39, 0.29) is 5.91 Å². The Balaban J connectivity index is 2.20. The molecule has 3 nitrogen and oxygen atoms in total. The van der Waals surface area contributed by atoms with Gasteiger partial charge in [0.15, 0.2) is 0 Å². The first-order chi connectivity index (χ1) is 9.49. The Kier molecular flexibility index (Phi) is 4.20. The maximum Gasteiger partial charge on any atom is 0.245 e. The monoisotopic (exact) mass is 268 g/mol. The van der Waals surface area contributed by atoms with Crippen LogP contribution in [0.4, 0.5) is 5.69 Å². The SMILES string of the molecule is Cc1cc(C)c(NC(=O)[C@H](N)c2ccccc2)c(C)c1. The molecule has 0 spiro atoms. The third-order valence-electron chi connectivity index (χ3n) is 3.37. The summed E-state index contributed by atoms with van der Waals surface area (Å²) in [5.41, 5.74) is 11.0. The molecule has 2 rings (SSSR count). The fourth-order valence-electron chi connectivity index (χ4n) is 2.39. The van der Waals surface area contributed by atoms with Crippen LogP contribution in [0, 0.1) is 20.8 Å². The van der Waals surface area contributed by atoms with Crippen LogP contribution in [0.15, 0.2) is 42.5 Å². The number of rotatable bonds is 3. The number of nitrogens with one attached hydrogen (secondary N) is 1. The molecule has 2 aromatic carbocycles. The van der Waals surface area contributed by atoms with Gasteiger partial charge in [-0.15, -0.1) is 0 Å². The molecule has 0 radical (unpaired) electrons. The fraction of sp³-hybridized carbons (Fsp3) is 0.235. The van der Waals surface area contributed by atoms with Gasteiger partial charge in [-0.2, -0.15) is 0 Å². The maximum absolute atomic E-state index is 12.3. The van der Waals surface area contributed by atoms with Crippen molar-refractivity contribution in [3.8, 4) is 0 Å². The van der Waals surface area contributed by atoms with Crippen LogP contribution in [0.3, 0.4) is 0 Å². The van der Waals surface area contributed by atoms with E-state index >= 15 is 0 Å². The second-order valence-electron chi connectivity index (χ2n) is 5.15. The molecule has 0 saturated heterocycles. The fourth-order valence-corrected chi connectivity index (χ4v) is 2.39. The van der Waals surface area contributed by atoms with Crippen LogP contribution in [0.2, 0.25) is 0 Å². The summed E-state index contributed by atoms with van der Waals surface area (Å²) in [5, 5.41) is 2.94. The predicted molar refractivity (Wildman–Crippen MR) is 82.7 cm³/mol. The first kappa shape index (κ1) is 14.3. The molecule has 0 saturated carbocycles. The zero-order valence-corrected chi connectivity index (χ0v) is 12.1. The van der Waals surface area contributed by atoms with Gasteiger partial charge in [0, 0.05) is 5.69 Å². The van der Waals surface area contributed by atoms with Gasteiger partial charge in [-0.3, -0.25) is 4.79 Å². The second-order valence-corrected chi connectivity index (χ2v) is 5.15. The third kappa shape index (κ3) is 3.06. The number of benzene rings is 2. The molecular formula is C17H20N2O. The minimum absolute atomic E-state index is 0.189. The van der Waals surface area contributed by atoms with Gasteiger partial charge in [-0.1, -0.05) is 48.0 Å². The van der Waals surface area contributed by atoms with E-state index in [9.17, 15) is 4.79 Å². The number of hydrogen-bond acceptors (Lipinski definition) is 2. The number of nitrogens with two attached hydrogens (primary N) is 1. The summed E-state index contributed by atoms with van der Waals surface area (Å²) in [5.74, 6) is -0.189. The Bertz CT molecular complexity index is 597. The summed E-state index contributed by atoms with van der Waals surface area (Å²) in [7, 11) is 0. The summed E-state index contributed by atoms with van der Waals surface area (Å²) >= 11 is 0. The number of carbonyl (C=O) groups is 1. The van der Waals surface area contributed by atoms with Crippen LogP contribution in [0.5, 0.6) is 0 Å². The highest BCUT2D eigenvalue weighted by molar-refractivity contribution is 5.96. The van der Waals surface area contributed by atoms with Crippen molar-refractivity contribution in [2.75, 3.05) is 5.32 Å². The Labute approximate surface area is 119 Å². The van der Waals surface area contributed by atoms with Crippen LogP contribution >= 0.6 is 0 Å². The van der Waals surface area contributed by atoms with Crippen molar-refractivity contribution in [1.29, 1.82) is 0 Å². The topological polar surface area (TPSA) is 55.1 Å². The predicted octanol–water partition coefficient (Wildman–Crippen LogP) is 3.25. The van der Waals surface area contributed by atoms with Gasteiger partial charge in [0.1, 0.15) is 6.04 Å². The molecule has 1 amide bonds. The van der Waals surface area contributed by atoms with Gasteiger partial charge in [0.2, 0.25) is 5.91 Å². The summed E-state index contributed by atoms with van der Waals surface area (Å²) in [4.78, 5) is 12.3. The number of amides is 1. The number of aryl methyl sites for hydroxylation is 3. The number of carbonyl (C=O) groups excluding carboxylic acids is 1. The maximum atomic E-state index is 12.3. The van der Waals surface area contributed by atoms with Crippen molar-refractivity contribution in [3.05, 3.63) is 64.7 Å². The average Bonchev–Trinajstić information content (AvgIpc) is 2.42. The lowest BCUT2D eigenvalue weighted by atomic mass is 10.0. The molecule has 0 aliphatic rings. The van der Waals surface area contributed by atoms with Crippen molar-refractivity contribution >= 4 is 11.6 Å². The molecule has 0 aliphatic carbocycles. The average molecular weight is 268 g/mol. The van der Waals surface area contributed by atoms with E-state index in [4.69, 9.17) is 5.73 Å². The zero-order chi connectivity index (χ0) is 14.7. The summed E-state index contributed by atoms with van der Waals surface area (Å²) < 4.78 is 0. The molecule has 0 bridgehead atoms. The highest BCUT2D eigenvalue weighted by atomic mass is 16.2. The molecule has 2 aromatic rings. The van der Waals surface area contributed by atoms with Gasteiger partial charge in [-0.25, -0.2) is 0 Å². The van der Waals surface area contributed by atoms with Gasteiger partial charge >= 0.3 is 0 Å². The van der Waals surface area contributed by atoms with E-state index in [1.54, 1.807) is 0 Å². The molecule has 104 valence electrons. The van der Waals surface area contributed by atoms with Gasteiger partial charge in [-0.05, 0) is 37.5 Å². The van der Waals surface area contributed by atoms with E-state index in [1.807, 2.05) is 51.1 Å². The van der Waals surface area contributed by atoms with Crippen molar-refractivity contribution in [3.63, 3.8) is 0 Å². The summed E-state index contributed by atoms with van der Waals surface area (Å²) in [6, 6.07) is 12.8. The smallest absolute Gasteiger partial charge is 0.245 e. The van der Waals surface area contributed by atoms with Crippen LogP contribution in [0.1, 0.15) is 28.3 Å². The lowest BCUT2D eigenvalue weighted by Crippen LogP contribution is -2.28. The van der Waals surface area contributed by atoms with Crippen molar-refractivity contribution < 1.29 is 4.79 Å². The van der Waals surface area contributed by atoms with E-state index in [1.165, 1.54) is 5.56 Å². The van der Waals surface area contributed by atoms with E-state index in [0.29, 0.717) is 0 Å². The van der Waals surface area contributed by atoms with E-state index < -0.39 is 6.04 Å². The van der Waals surface area contributed by atoms with Crippen LogP contribution in [-0.4, -0.2) is 5.91 Å².